The number of ether oxygens (including phenoxy) is 1. The molecule has 0 bridgehead atoms. The third kappa shape index (κ3) is 4.19. The van der Waals surface area contributed by atoms with E-state index in [2.05, 4.69) is 9.46 Å². The predicted octanol–water partition coefficient (Wildman–Crippen LogP) is 0.105. The summed E-state index contributed by atoms with van der Waals surface area (Å²) in [5.41, 5.74) is 5.68. The first-order valence-corrected chi connectivity index (χ1v) is 7.42. The molecule has 0 amide bonds. The summed E-state index contributed by atoms with van der Waals surface area (Å²) in [6.07, 6.45) is -0.367. The van der Waals surface area contributed by atoms with E-state index in [9.17, 15) is 13.2 Å². The van der Waals surface area contributed by atoms with Gasteiger partial charge in [0.2, 0.25) is 10.0 Å². The predicted molar refractivity (Wildman–Crippen MR) is 73.7 cm³/mol. The van der Waals surface area contributed by atoms with Crippen LogP contribution in [0.4, 0.5) is 5.69 Å². The molecule has 7 nitrogen and oxygen atoms in total. The van der Waals surface area contributed by atoms with Gasteiger partial charge in [-0.3, -0.25) is 0 Å². The lowest BCUT2D eigenvalue weighted by atomic mass is 10.2. The summed E-state index contributed by atoms with van der Waals surface area (Å²) in [5, 5.41) is 9.12. The molecule has 0 aromatic heterocycles. The molecule has 1 unspecified atom stereocenters. The standard InChI is InChI=1S/C12H18N2O5S/c1-8(15)5-6-14-20(17,18)11-7-9(13)3-4-10(11)12(16)19-2/h3-4,7-8,14-15H,5-6,13H2,1-2H3. The van der Waals surface area contributed by atoms with Crippen LogP contribution in [0.3, 0.4) is 0 Å². The molecule has 112 valence electrons. The molecule has 0 saturated heterocycles. The number of hydrogen-bond donors (Lipinski definition) is 3. The van der Waals surface area contributed by atoms with Crippen LogP contribution in [0, 0.1) is 0 Å². The first-order valence-electron chi connectivity index (χ1n) is 5.93. The zero-order valence-electron chi connectivity index (χ0n) is 11.3. The van der Waals surface area contributed by atoms with Gasteiger partial charge in [-0.25, -0.2) is 17.9 Å². The van der Waals surface area contributed by atoms with E-state index in [1.807, 2.05) is 0 Å². The maximum absolute atomic E-state index is 12.2. The van der Waals surface area contributed by atoms with Crippen molar-refractivity contribution in [3.05, 3.63) is 23.8 Å². The fourth-order valence-electron chi connectivity index (χ4n) is 1.52. The highest BCUT2D eigenvalue weighted by Crippen LogP contribution is 2.20. The molecule has 1 rings (SSSR count). The fourth-order valence-corrected chi connectivity index (χ4v) is 2.79. The number of methoxy groups -OCH3 is 1. The fraction of sp³-hybridized carbons (Fsp3) is 0.417. The molecule has 0 aliphatic carbocycles. The average Bonchev–Trinajstić information content (AvgIpc) is 2.37. The molecule has 0 fully saturated rings. The molecule has 8 heteroatoms. The number of esters is 1. The molecule has 1 aromatic carbocycles. The Balaban J connectivity index is 3.10. The van der Waals surface area contributed by atoms with Crippen LogP contribution in [0.5, 0.6) is 0 Å². The number of carbonyl (C=O) groups excluding carboxylic acids is 1. The van der Waals surface area contributed by atoms with Crippen LogP contribution in [0.1, 0.15) is 23.7 Å². The number of sulfonamides is 1. The van der Waals surface area contributed by atoms with Gasteiger partial charge in [-0.2, -0.15) is 0 Å². The number of carbonyl (C=O) groups is 1. The lowest BCUT2D eigenvalue weighted by Gasteiger charge is -2.11. The molecular weight excluding hydrogens is 284 g/mol. The lowest BCUT2D eigenvalue weighted by Crippen LogP contribution is -2.28. The molecule has 0 spiro atoms. The van der Waals surface area contributed by atoms with Crippen molar-refractivity contribution in [2.24, 2.45) is 0 Å². The minimum absolute atomic E-state index is 0.0510. The Morgan fingerprint density at radius 2 is 2.15 bits per heavy atom. The largest absolute Gasteiger partial charge is 0.465 e. The zero-order valence-corrected chi connectivity index (χ0v) is 12.1. The molecule has 0 heterocycles. The number of aliphatic hydroxyl groups excluding tert-OH is 1. The number of benzene rings is 1. The number of nitrogens with two attached hydrogens (primary N) is 1. The second-order valence-electron chi connectivity index (χ2n) is 4.28. The maximum atomic E-state index is 12.2. The SMILES string of the molecule is COC(=O)c1ccc(N)cc1S(=O)(=O)NCCC(C)O. The number of anilines is 1. The van der Waals surface area contributed by atoms with Crippen molar-refractivity contribution in [1.29, 1.82) is 0 Å². The summed E-state index contributed by atoms with van der Waals surface area (Å²) in [5.74, 6) is -0.763. The summed E-state index contributed by atoms with van der Waals surface area (Å²) >= 11 is 0. The van der Waals surface area contributed by atoms with E-state index < -0.39 is 22.1 Å². The van der Waals surface area contributed by atoms with Crippen molar-refractivity contribution in [2.45, 2.75) is 24.3 Å². The van der Waals surface area contributed by atoms with Gasteiger partial charge in [0.05, 0.1) is 23.7 Å². The summed E-state index contributed by atoms with van der Waals surface area (Å²) in [7, 11) is -2.74. The average molecular weight is 302 g/mol. The molecule has 0 saturated carbocycles. The monoisotopic (exact) mass is 302 g/mol. The lowest BCUT2D eigenvalue weighted by molar-refractivity contribution is 0.0596. The highest BCUT2D eigenvalue weighted by molar-refractivity contribution is 7.89. The third-order valence-corrected chi connectivity index (χ3v) is 4.06. The van der Waals surface area contributed by atoms with Crippen LogP contribution < -0.4 is 10.5 Å². The Bertz CT molecular complexity index is 584. The van der Waals surface area contributed by atoms with Crippen molar-refractivity contribution in [3.8, 4) is 0 Å². The van der Waals surface area contributed by atoms with Crippen molar-refractivity contribution in [2.75, 3.05) is 19.4 Å². The molecule has 0 aliphatic heterocycles. The van der Waals surface area contributed by atoms with E-state index in [1.54, 1.807) is 6.92 Å². The van der Waals surface area contributed by atoms with Crippen LogP contribution in [-0.4, -0.2) is 39.3 Å². The topological polar surface area (TPSA) is 119 Å². The van der Waals surface area contributed by atoms with Crippen molar-refractivity contribution >= 4 is 21.7 Å². The van der Waals surface area contributed by atoms with Gasteiger partial charge in [-0.15, -0.1) is 0 Å². The van der Waals surface area contributed by atoms with Crippen molar-refractivity contribution < 1.29 is 23.1 Å². The van der Waals surface area contributed by atoms with Gasteiger partial charge in [0.15, 0.2) is 0 Å². The van der Waals surface area contributed by atoms with Crippen LogP contribution >= 0.6 is 0 Å². The maximum Gasteiger partial charge on any atom is 0.339 e. The molecule has 4 N–H and O–H groups in total. The minimum atomic E-state index is -3.91. The third-order valence-electron chi connectivity index (χ3n) is 2.55. The Labute approximate surface area is 117 Å². The second-order valence-corrected chi connectivity index (χ2v) is 6.02. The van der Waals surface area contributed by atoms with E-state index in [0.29, 0.717) is 0 Å². The molecule has 1 atom stereocenters. The van der Waals surface area contributed by atoms with E-state index in [4.69, 9.17) is 10.8 Å². The van der Waals surface area contributed by atoms with Gasteiger partial charge >= 0.3 is 5.97 Å². The van der Waals surface area contributed by atoms with Crippen LogP contribution in [0.2, 0.25) is 0 Å². The van der Waals surface area contributed by atoms with Gasteiger partial charge < -0.3 is 15.6 Å². The summed E-state index contributed by atoms with van der Waals surface area (Å²) < 4.78 is 31.1. The van der Waals surface area contributed by atoms with Gasteiger partial charge in [0, 0.05) is 12.2 Å². The van der Waals surface area contributed by atoms with Crippen LogP contribution in [-0.2, 0) is 14.8 Å². The normalized spacial score (nSPS) is 12.9. The summed E-state index contributed by atoms with van der Waals surface area (Å²) in [4.78, 5) is 11.3. The first kappa shape index (κ1) is 16.4. The van der Waals surface area contributed by atoms with Crippen molar-refractivity contribution in [3.63, 3.8) is 0 Å². The number of nitrogens with one attached hydrogen (secondary N) is 1. The molecule has 0 radical (unpaired) electrons. The summed E-state index contributed by atoms with van der Waals surface area (Å²) in [6.45, 7) is 1.60. The van der Waals surface area contributed by atoms with E-state index >= 15 is 0 Å². The summed E-state index contributed by atoms with van der Waals surface area (Å²) in [6, 6.07) is 3.91. The first-order chi connectivity index (χ1) is 9.27. The minimum Gasteiger partial charge on any atom is -0.465 e. The van der Waals surface area contributed by atoms with E-state index in [-0.39, 0.29) is 29.1 Å². The number of nitrogen functional groups attached to an aromatic ring is 1. The van der Waals surface area contributed by atoms with Gasteiger partial charge in [0.25, 0.3) is 0 Å². The van der Waals surface area contributed by atoms with Gasteiger partial charge in [0.1, 0.15) is 0 Å². The van der Waals surface area contributed by atoms with Crippen LogP contribution in [0.25, 0.3) is 0 Å². The number of aliphatic hydroxyl groups is 1. The van der Waals surface area contributed by atoms with Gasteiger partial charge in [-0.1, -0.05) is 0 Å². The molecule has 1 aromatic rings. The number of rotatable bonds is 6. The Hall–Kier alpha value is -1.64. The molecule has 20 heavy (non-hydrogen) atoms. The van der Waals surface area contributed by atoms with E-state index in [1.165, 1.54) is 18.2 Å². The Morgan fingerprint density at radius 1 is 1.50 bits per heavy atom. The quantitative estimate of drug-likeness (QED) is 0.507. The van der Waals surface area contributed by atoms with Crippen molar-refractivity contribution in [1.82, 2.24) is 4.72 Å². The molecular formula is C12H18N2O5S. The Morgan fingerprint density at radius 3 is 2.70 bits per heavy atom. The van der Waals surface area contributed by atoms with E-state index in [0.717, 1.165) is 7.11 Å². The zero-order chi connectivity index (χ0) is 15.3. The number of hydrogen-bond acceptors (Lipinski definition) is 6. The second kappa shape index (κ2) is 6.69. The van der Waals surface area contributed by atoms with Crippen LogP contribution in [0.15, 0.2) is 23.1 Å². The van der Waals surface area contributed by atoms with Gasteiger partial charge in [-0.05, 0) is 31.5 Å². The Kier molecular flexibility index (Phi) is 5.49. The highest BCUT2D eigenvalue weighted by atomic mass is 32.2. The highest BCUT2D eigenvalue weighted by Gasteiger charge is 2.23. The smallest absolute Gasteiger partial charge is 0.339 e. The molecule has 0 aliphatic rings.